The zero-order valence-corrected chi connectivity index (χ0v) is 14.5. The molecule has 0 aliphatic heterocycles. The Morgan fingerprint density at radius 3 is 2.27 bits per heavy atom. The third-order valence-corrected chi connectivity index (χ3v) is 5.34. The van der Waals surface area contributed by atoms with Crippen LogP contribution in [0.4, 0.5) is 5.69 Å². The fraction of sp³-hybridized carbons (Fsp3) is 0.250. The van der Waals surface area contributed by atoms with E-state index in [1.807, 2.05) is 6.92 Å². The molecule has 22 heavy (non-hydrogen) atoms. The van der Waals surface area contributed by atoms with Gasteiger partial charge in [-0.2, -0.15) is 0 Å². The number of ether oxygens (including phenoxy) is 1. The maximum atomic E-state index is 12.6. The molecule has 0 aliphatic carbocycles. The van der Waals surface area contributed by atoms with Crippen LogP contribution in [0.1, 0.15) is 16.7 Å². The van der Waals surface area contributed by atoms with E-state index in [2.05, 4.69) is 4.72 Å². The normalized spacial score (nSPS) is 11.3. The van der Waals surface area contributed by atoms with E-state index in [0.29, 0.717) is 22.0 Å². The van der Waals surface area contributed by atoms with Gasteiger partial charge in [-0.05, 0) is 67.8 Å². The lowest BCUT2D eigenvalue weighted by molar-refractivity contribution is 0.414. The Morgan fingerprint density at radius 1 is 1.00 bits per heavy atom. The molecule has 4 nitrogen and oxygen atoms in total. The summed E-state index contributed by atoms with van der Waals surface area (Å²) in [5.41, 5.74) is 2.63. The Labute approximate surface area is 136 Å². The second-order valence-electron chi connectivity index (χ2n) is 5.15. The Balaban J connectivity index is 2.42. The Kier molecular flexibility index (Phi) is 4.68. The number of sulfonamides is 1. The van der Waals surface area contributed by atoms with Crippen LogP contribution in [0.2, 0.25) is 5.02 Å². The van der Waals surface area contributed by atoms with Crippen LogP contribution in [0.25, 0.3) is 0 Å². The van der Waals surface area contributed by atoms with Gasteiger partial charge in [0.05, 0.1) is 17.7 Å². The Bertz CT molecular complexity index is 816. The molecule has 0 aromatic heterocycles. The lowest BCUT2D eigenvalue weighted by atomic mass is 10.2. The maximum Gasteiger partial charge on any atom is 0.262 e. The van der Waals surface area contributed by atoms with Crippen molar-refractivity contribution in [3.8, 4) is 5.75 Å². The first-order valence-electron chi connectivity index (χ1n) is 6.69. The van der Waals surface area contributed by atoms with Crippen LogP contribution in [0.5, 0.6) is 5.75 Å². The van der Waals surface area contributed by atoms with E-state index in [0.717, 1.165) is 11.1 Å². The van der Waals surface area contributed by atoms with Crippen molar-refractivity contribution in [1.82, 2.24) is 0 Å². The molecule has 1 N–H and O–H groups in total. The van der Waals surface area contributed by atoms with Gasteiger partial charge in [-0.25, -0.2) is 8.42 Å². The van der Waals surface area contributed by atoms with Crippen molar-refractivity contribution in [2.24, 2.45) is 0 Å². The number of hydrogen-bond donors (Lipinski definition) is 1. The first kappa shape index (κ1) is 16.6. The lowest BCUT2D eigenvalue weighted by Crippen LogP contribution is -2.15. The highest BCUT2D eigenvalue weighted by molar-refractivity contribution is 7.92. The number of aryl methyl sites for hydroxylation is 3. The van der Waals surface area contributed by atoms with E-state index in [-0.39, 0.29) is 4.90 Å². The minimum absolute atomic E-state index is 0.226. The molecule has 0 saturated carbocycles. The number of benzene rings is 2. The second kappa shape index (κ2) is 6.18. The van der Waals surface area contributed by atoms with Crippen molar-refractivity contribution >= 4 is 27.3 Å². The maximum absolute atomic E-state index is 12.6. The summed E-state index contributed by atoms with van der Waals surface area (Å²) in [5.74, 6) is 0.680. The molecule has 0 amide bonds. The first-order chi connectivity index (χ1) is 10.2. The molecule has 0 fully saturated rings. The number of rotatable bonds is 4. The summed E-state index contributed by atoms with van der Waals surface area (Å²) in [7, 11) is -2.11. The van der Waals surface area contributed by atoms with Crippen molar-refractivity contribution < 1.29 is 13.2 Å². The fourth-order valence-electron chi connectivity index (χ4n) is 2.12. The highest BCUT2D eigenvalue weighted by atomic mass is 35.5. The average molecular weight is 340 g/mol. The Hall–Kier alpha value is -1.72. The molecule has 0 spiro atoms. The Morgan fingerprint density at radius 2 is 1.68 bits per heavy atom. The van der Waals surface area contributed by atoms with Crippen LogP contribution in [0.3, 0.4) is 0 Å². The van der Waals surface area contributed by atoms with Crippen LogP contribution in [-0.2, 0) is 10.0 Å². The number of anilines is 1. The van der Waals surface area contributed by atoms with Gasteiger partial charge in [-0.15, -0.1) is 0 Å². The zero-order valence-electron chi connectivity index (χ0n) is 12.9. The molecule has 2 aromatic carbocycles. The molecular weight excluding hydrogens is 322 g/mol. The highest BCUT2D eigenvalue weighted by Gasteiger charge is 2.19. The quantitative estimate of drug-likeness (QED) is 0.913. The number of nitrogens with one attached hydrogen (secondary N) is 1. The summed E-state index contributed by atoms with van der Waals surface area (Å²) in [6.45, 7) is 5.32. The van der Waals surface area contributed by atoms with Crippen LogP contribution in [-0.4, -0.2) is 15.5 Å². The molecule has 2 rings (SSSR count). The van der Waals surface area contributed by atoms with Crippen molar-refractivity contribution in [3.63, 3.8) is 0 Å². The summed E-state index contributed by atoms with van der Waals surface area (Å²) in [4.78, 5) is 0.226. The molecule has 0 bridgehead atoms. The van der Waals surface area contributed by atoms with E-state index >= 15 is 0 Å². The monoisotopic (exact) mass is 339 g/mol. The van der Waals surface area contributed by atoms with Crippen LogP contribution >= 0.6 is 11.6 Å². The van der Waals surface area contributed by atoms with Crippen LogP contribution in [0.15, 0.2) is 35.2 Å². The topological polar surface area (TPSA) is 55.4 Å². The molecule has 0 heterocycles. The summed E-state index contributed by atoms with van der Waals surface area (Å²) < 4.78 is 33.0. The molecule has 0 radical (unpaired) electrons. The lowest BCUT2D eigenvalue weighted by Gasteiger charge is -2.14. The molecule has 0 saturated heterocycles. The van der Waals surface area contributed by atoms with Gasteiger partial charge in [0.1, 0.15) is 5.75 Å². The molecule has 2 aromatic rings. The molecule has 0 aliphatic rings. The summed E-state index contributed by atoms with van der Waals surface area (Å²) in [5, 5.41) is 0.553. The SMILES string of the molecule is COc1ccc(NS(=O)(=O)c2cc(C)c(Cl)cc2C)c(C)c1. The minimum Gasteiger partial charge on any atom is -0.497 e. The molecule has 0 atom stereocenters. The predicted octanol–water partition coefficient (Wildman–Crippen LogP) is 4.07. The smallest absolute Gasteiger partial charge is 0.262 e. The standard InChI is InChI=1S/C16H18ClNO3S/c1-10-9-16(12(3)8-14(10)17)22(19,20)18-15-6-5-13(21-4)7-11(15)2/h5-9,18H,1-4H3. The number of halogens is 1. The van der Waals surface area contributed by atoms with E-state index in [1.54, 1.807) is 51.3 Å². The summed E-state index contributed by atoms with van der Waals surface area (Å²) in [6.07, 6.45) is 0. The number of methoxy groups -OCH3 is 1. The van der Waals surface area contributed by atoms with Crippen molar-refractivity contribution in [1.29, 1.82) is 0 Å². The van der Waals surface area contributed by atoms with Gasteiger partial charge in [0.2, 0.25) is 0 Å². The van der Waals surface area contributed by atoms with Crippen LogP contribution in [0, 0.1) is 20.8 Å². The van der Waals surface area contributed by atoms with Gasteiger partial charge < -0.3 is 4.74 Å². The molecule has 0 unspecified atom stereocenters. The number of hydrogen-bond acceptors (Lipinski definition) is 3. The van der Waals surface area contributed by atoms with Crippen molar-refractivity contribution in [2.75, 3.05) is 11.8 Å². The van der Waals surface area contributed by atoms with Gasteiger partial charge >= 0.3 is 0 Å². The van der Waals surface area contributed by atoms with Gasteiger partial charge in [0.15, 0.2) is 0 Å². The average Bonchev–Trinajstić information content (AvgIpc) is 2.44. The second-order valence-corrected chi connectivity index (χ2v) is 7.21. The molecule has 6 heteroatoms. The minimum atomic E-state index is -3.67. The van der Waals surface area contributed by atoms with Gasteiger partial charge in [0, 0.05) is 5.02 Å². The zero-order chi connectivity index (χ0) is 16.5. The third-order valence-electron chi connectivity index (χ3n) is 3.42. The molecular formula is C16H18ClNO3S. The first-order valence-corrected chi connectivity index (χ1v) is 8.55. The highest BCUT2D eigenvalue weighted by Crippen LogP contribution is 2.27. The largest absolute Gasteiger partial charge is 0.497 e. The van der Waals surface area contributed by atoms with Crippen LogP contribution < -0.4 is 9.46 Å². The molecule has 118 valence electrons. The predicted molar refractivity (Wildman–Crippen MR) is 89.5 cm³/mol. The van der Waals surface area contributed by atoms with Gasteiger partial charge in [-0.1, -0.05) is 11.6 Å². The van der Waals surface area contributed by atoms with E-state index < -0.39 is 10.0 Å². The van der Waals surface area contributed by atoms with E-state index in [9.17, 15) is 8.42 Å². The van der Waals surface area contributed by atoms with Crippen molar-refractivity contribution in [2.45, 2.75) is 25.7 Å². The summed E-state index contributed by atoms with van der Waals surface area (Å²) in [6, 6.07) is 8.41. The summed E-state index contributed by atoms with van der Waals surface area (Å²) >= 11 is 6.03. The third kappa shape index (κ3) is 3.36. The van der Waals surface area contributed by atoms with E-state index in [1.165, 1.54) is 0 Å². The van der Waals surface area contributed by atoms with Gasteiger partial charge in [-0.3, -0.25) is 4.72 Å². The van der Waals surface area contributed by atoms with Gasteiger partial charge in [0.25, 0.3) is 10.0 Å². The van der Waals surface area contributed by atoms with Crippen molar-refractivity contribution in [3.05, 3.63) is 52.0 Å². The fourth-order valence-corrected chi connectivity index (χ4v) is 3.78. The van der Waals surface area contributed by atoms with E-state index in [4.69, 9.17) is 16.3 Å².